The molecule has 1 aliphatic heterocycles. The molecule has 0 aromatic rings. The van der Waals surface area contributed by atoms with Crippen LogP contribution in [0.3, 0.4) is 0 Å². The second-order valence-corrected chi connectivity index (χ2v) is 3.64. The molecular weight excluding hydrogens is 184 g/mol. The number of carboxylic acid groups (broad SMARTS) is 1. The van der Waals surface area contributed by atoms with Crippen LogP contribution in [-0.2, 0) is 9.53 Å². The minimum Gasteiger partial charge on any atom is -0.480 e. The molecule has 3 N–H and O–H groups in total. The van der Waals surface area contributed by atoms with Gasteiger partial charge in [0.2, 0.25) is 0 Å². The van der Waals surface area contributed by atoms with Gasteiger partial charge >= 0.3 is 5.97 Å². The fourth-order valence-corrected chi connectivity index (χ4v) is 1.54. The third-order valence-corrected chi connectivity index (χ3v) is 2.24. The number of hydrogen-bond donors (Lipinski definition) is 3. The minimum absolute atomic E-state index is 0.0226. The Hall–Kier alpha value is -0.650. The number of hydrogen-bond acceptors (Lipinski definition) is 4. The number of morpholine rings is 1. The van der Waals surface area contributed by atoms with Gasteiger partial charge in [-0.1, -0.05) is 0 Å². The molecule has 0 spiro atoms. The molecule has 2 unspecified atom stereocenters. The maximum Gasteiger partial charge on any atom is 0.317 e. The molecule has 0 aliphatic carbocycles. The van der Waals surface area contributed by atoms with E-state index in [0.29, 0.717) is 6.04 Å². The quantitative estimate of drug-likeness (QED) is 0.557. The van der Waals surface area contributed by atoms with Crippen molar-refractivity contribution in [3.05, 3.63) is 0 Å². The lowest BCUT2D eigenvalue weighted by atomic mass is 10.1. The van der Waals surface area contributed by atoms with Crippen molar-refractivity contribution in [3.8, 4) is 0 Å². The zero-order valence-corrected chi connectivity index (χ0v) is 8.45. The molecule has 1 aliphatic rings. The number of carboxylic acids is 1. The Morgan fingerprint density at radius 1 is 1.79 bits per heavy atom. The molecule has 0 saturated carbocycles. The molecule has 0 aromatic carbocycles. The van der Waals surface area contributed by atoms with Gasteiger partial charge in [0.05, 0.1) is 19.8 Å². The molecule has 1 fully saturated rings. The molecular formula is C9H18N2O3. The average molecular weight is 202 g/mol. The Balaban J connectivity index is 2.11. The average Bonchev–Trinajstić information content (AvgIpc) is 2.16. The predicted molar refractivity (Wildman–Crippen MR) is 52.3 cm³/mol. The van der Waals surface area contributed by atoms with E-state index in [9.17, 15) is 4.79 Å². The fraction of sp³-hybridized carbons (Fsp3) is 0.889. The maximum absolute atomic E-state index is 10.3. The standard InChI is InChI=1S/C9H18N2O3/c1-7(11-5-9(12)13)4-8-6-14-3-2-10-8/h7-8,10-11H,2-6H2,1H3,(H,12,13). The summed E-state index contributed by atoms with van der Waals surface area (Å²) in [5, 5.41) is 14.7. The molecule has 1 rings (SSSR count). The van der Waals surface area contributed by atoms with E-state index in [4.69, 9.17) is 9.84 Å². The van der Waals surface area contributed by atoms with Crippen molar-refractivity contribution in [3.63, 3.8) is 0 Å². The highest BCUT2D eigenvalue weighted by molar-refractivity contribution is 5.69. The number of nitrogens with one attached hydrogen (secondary N) is 2. The second-order valence-electron chi connectivity index (χ2n) is 3.64. The molecule has 14 heavy (non-hydrogen) atoms. The van der Waals surface area contributed by atoms with Crippen LogP contribution >= 0.6 is 0 Å². The van der Waals surface area contributed by atoms with Gasteiger partial charge in [0, 0.05) is 18.6 Å². The first-order valence-electron chi connectivity index (χ1n) is 4.95. The Bertz CT molecular complexity index is 181. The lowest BCUT2D eigenvalue weighted by Crippen LogP contribution is -2.45. The van der Waals surface area contributed by atoms with E-state index in [-0.39, 0.29) is 12.6 Å². The molecule has 1 saturated heterocycles. The van der Waals surface area contributed by atoms with Gasteiger partial charge in [-0.2, -0.15) is 0 Å². The van der Waals surface area contributed by atoms with Crippen molar-refractivity contribution in [2.24, 2.45) is 0 Å². The van der Waals surface area contributed by atoms with Crippen LogP contribution in [0, 0.1) is 0 Å². The highest BCUT2D eigenvalue weighted by Gasteiger charge is 2.16. The maximum atomic E-state index is 10.3. The van der Waals surface area contributed by atoms with Gasteiger partial charge in [0.25, 0.3) is 0 Å². The minimum atomic E-state index is -0.815. The molecule has 0 bridgehead atoms. The van der Waals surface area contributed by atoms with E-state index < -0.39 is 5.97 Å². The largest absolute Gasteiger partial charge is 0.480 e. The van der Waals surface area contributed by atoms with Crippen LogP contribution in [0.2, 0.25) is 0 Å². The van der Waals surface area contributed by atoms with E-state index in [0.717, 1.165) is 26.2 Å². The zero-order chi connectivity index (χ0) is 10.4. The first kappa shape index (κ1) is 11.4. The molecule has 0 aromatic heterocycles. The Morgan fingerprint density at radius 3 is 3.14 bits per heavy atom. The van der Waals surface area contributed by atoms with Gasteiger partial charge in [0.1, 0.15) is 0 Å². The van der Waals surface area contributed by atoms with Gasteiger partial charge in [-0.3, -0.25) is 4.79 Å². The summed E-state index contributed by atoms with van der Waals surface area (Å²) in [6.45, 7) is 4.39. The Morgan fingerprint density at radius 2 is 2.57 bits per heavy atom. The molecule has 5 nitrogen and oxygen atoms in total. The summed E-state index contributed by atoms with van der Waals surface area (Å²) in [7, 11) is 0. The third-order valence-electron chi connectivity index (χ3n) is 2.24. The highest BCUT2D eigenvalue weighted by Crippen LogP contribution is 2.01. The fourth-order valence-electron chi connectivity index (χ4n) is 1.54. The second kappa shape index (κ2) is 5.95. The van der Waals surface area contributed by atoms with Gasteiger partial charge in [-0.05, 0) is 13.3 Å². The van der Waals surface area contributed by atoms with E-state index in [1.165, 1.54) is 0 Å². The summed E-state index contributed by atoms with van der Waals surface area (Å²) in [5.74, 6) is -0.815. The van der Waals surface area contributed by atoms with Gasteiger partial charge in [-0.25, -0.2) is 0 Å². The van der Waals surface area contributed by atoms with Crippen LogP contribution in [0.4, 0.5) is 0 Å². The predicted octanol–water partition coefficient (Wildman–Crippen LogP) is -0.572. The Kier molecular flexibility index (Phi) is 4.86. The smallest absolute Gasteiger partial charge is 0.317 e. The van der Waals surface area contributed by atoms with Crippen molar-refractivity contribution in [2.45, 2.75) is 25.4 Å². The number of ether oxygens (including phenoxy) is 1. The number of aliphatic carboxylic acids is 1. The van der Waals surface area contributed by atoms with Crippen LogP contribution in [0.25, 0.3) is 0 Å². The molecule has 5 heteroatoms. The summed E-state index contributed by atoms with van der Waals surface area (Å²) in [6.07, 6.45) is 0.896. The van der Waals surface area contributed by atoms with Crippen LogP contribution in [0.1, 0.15) is 13.3 Å². The van der Waals surface area contributed by atoms with Crippen molar-refractivity contribution < 1.29 is 14.6 Å². The van der Waals surface area contributed by atoms with Crippen LogP contribution in [-0.4, -0.2) is 49.5 Å². The number of rotatable bonds is 5. The van der Waals surface area contributed by atoms with E-state index >= 15 is 0 Å². The Labute approximate surface area is 83.8 Å². The van der Waals surface area contributed by atoms with Crippen molar-refractivity contribution >= 4 is 5.97 Å². The normalized spacial score (nSPS) is 24.5. The summed E-state index contributed by atoms with van der Waals surface area (Å²) >= 11 is 0. The van der Waals surface area contributed by atoms with E-state index in [2.05, 4.69) is 10.6 Å². The molecule has 0 amide bonds. The topological polar surface area (TPSA) is 70.6 Å². The summed E-state index contributed by atoms with van der Waals surface area (Å²) in [4.78, 5) is 10.3. The molecule has 82 valence electrons. The van der Waals surface area contributed by atoms with Crippen LogP contribution < -0.4 is 10.6 Å². The number of carbonyl (C=O) groups is 1. The highest BCUT2D eigenvalue weighted by atomic mass is 16.5. The summed E-state index contributed by atoms with van der Waals surface area (Å²) in [6, 6.07) is 0.547. The summed E-state index contributed by atoms with van der Waals surface area (Å²) < 4.78 is 5.30. The van der Waals surface area contributed by atoms with Gasteiger partial charge in [0.15, 0.2) is 0 Å². The molecule has 1 heterocycles. The molecule has 2 atom stereocenters. The summed E-state index contributed by atoms with van der Waals surface area (Å²) in [5.41, 5.74) is 0. The zero-order valence-electron chi connectivity index (χ0n) is 8.45. The lowest BCUT2D eigenvalue weighted by molar-refractivity contribution is -0.136. The van der Waals surface area contributed by atoms with Crippen molar-refractivity contribution in [2.75, 3.05) is 26.3 Å². The van der Waals surface area contributed by atoms with Gasteiger partial charge in [-0.15, -0.1) is 0 Å². The van der Waals surface area contributed by atoms with Crippen LogP contribution in [0.5, 0.6) is 0 Å². The molecule has 0 radical (unpaired) electrons. The SMILES string of the molecule is CC(CC1COCCN1)NCC(=O)O. The van der Waals surface area contributed by atoms with Crippen LogP contribution in [0.15, 0.2) is 0 Å². The van der Waals surface area contributed by atoms with Gasteiger partial charge < -0.3 is 20.5 Å². The van der Waals surface area contributed by atoms with E-state index in [1.54, 1.807) is 0 Å². The lowest BCUT2D eigenvalue weighted by Gasteiger charge is -2.26. The first-order chi connectivity index (χ1) is 6.68. The third kappa shape index (κ3) is 4.55. The van der Waals surface area contributed by atoms with Crippen molar-refractivity contribution in [1.82, 2.24) is 10.6 Å². The van der Waals surface area contributed by atoms with Crippen molar-refractivity contribution in [1.29, 1.82) is 0 Å². The monoisotopic (exact) mass is 202 g/mol. The first-order valence-corrected chi connectivity index (χ1v) is 4.95. The van der Waals surface area contributed by atoms with E-state index in [1.807, 2.05) is 6.92 Å².